The normalized spacial score (nSPS) is 10.1. The van der Waals surface area contributed by atoms with Gasteiger partial charge in [-0.3, -0.25) is 0 Å². The summed E-state index contributed by atoms with van der Waals surface area (Å²) >= 11 is 0.435. The van der Waals surface area contributed by atoms with Crippen molar-refractivity contribution in [2.24, 2.45) is 0 Å². The first kappa shape index (κ1) is 8.94. The van der Waals surface area contributed by atoms with E-state index in [0.717, 1.165) is 19.5 Å². The summed E-state index contributed by atoms with van der Waals surface area (Å²) in [5, 5.41) is 0. The average Bonchev–Trinajstić information content (AvgIpc) is 1.80. The molecule has 0 saturated carbocycles. The van der Waals surface area contributed by atoms with Gasteiger partial charge < -0.3 is 4.90 Å². The first-order valence-electron chi connectivity index (χ1n) is 2.93. The second kappa shape index (κ2) is 6.07. The summed E-state index contributed by atoms with van der Waals surface area (Å²) < 4.78 is 12.4. The van der Waals surface area contributed by atoms with Gasteiger partial charge in [-0.2, -0.15) is 0 Å². The third-order valence-electron chi connectivity index (χ3n) is 0.943. The van der Waals surface area contributed by atoms with E-state index in [2.05, 4.69) is 9.62 Å². The minimum Gasteiger partial charge on any atom is -0.309 e. The number of nitrogens with one attached hydrogen (secondary N) is 1. The van der Waals surface area contributed by atoms with Crippen LogP contribution in [0.4, 0.5) is 0 Å². The molecule has 0 aliphatic carbocycles. The molecule has 3 nitrogen and oxygen atoms in total. The molecule has 4 heteroatoms. The predicted molar refractivity (Wildman–Crippen MR) is 39.2 cm³/mol. The molecule has 0 saturated heterocycles. The first-order chi connectivity index (χ1) is 4.27. The molecule has 0 aliphatic heterocycles. The average molecular weight is 149 g/mol. The first-order valence-corrected chi connectivity index (χ1v) is 3.68. The van der Waals surface area contributed by atoms with Gasteiger partial charge in [0.25, 0.3) is 0 Å². The molecule has 0 amide bonds. The molecule has 0 heterocycles. The van der Waals surface area contributed by atoms with E-state index < -0.39 is 0 Å². The molecule has 0 aromatic heterocycles. The lowest BCUT2D eigenvalue weighted by Gasteiger charge is -2.05. The van der Waals surface area contributed by atoms with Crippen molar-refractivity contribution < 1.29 is 4.21 Å². The molecule has 0 radical (unpaired) electrons. The Kier molecular flexibility index (Phi) is 6.03. The molecule has 0 aromatic carbocycles. The largest absolute Gasteiger partial charge is 0.587 e. The lowest BCUT2D eigenvalue weighted by atomic mass is 10.4. The van der Waals surface area contributed by atoms with Crippen molar-refractivity contribution in [3.63, 3.8) is 0 Å². The van der Waals surface area contributed by atoms with Crippen molar-refractivity contribution in [3.05, 3.63) is 0 Å². The summed E-state index contributed by atoms with van der Waals surface area (Å²) in [4.78, 5) is 2.09. The van der Waals surface area contributed by atoms with E-state index in [4.69, 9.17) is 0 Å². The van der Waals surface area contributed by atoms with Crippen molar-refractivity contribution >= 4 is 11.9 Å². The van der Waals surface area contributed by atoms with Crippen molar-refractivity contribution in [3.8, 4) is 0 Å². The summed E-state index contributed by atoms with van der Waals surface area (Å²) in [5.74, 6) is 0. The molecule has 0 aromatic rings. The van der Waals surface area contributed by atoms with Crippen LogP contribution in [0.1, 0.15) is 6.42 Å². The Morgan fingerprint density at radius 2 is 2.22 bits per heavy atom. The molecule has 9 heavy (non-hydrogen) atoms. The van der Waals surface area contributed by atoms with Crippen molar-refractivity contribution in [1.29, 1.82) is 0 Å². The number of hydrogen-bond acceptors (Lipinski definition) is 2. The van der Waals surface area contributed by atoms with E-state index in [1.807, 2.05) is 14.1 Å². The van der Waals surface area contributed by atoms with Gasteiger partial charge in [0, 0.05) is 0 Å². The fourth-order valence-corrected chi connectivity index (χ4v) is 0.737. The second-order valence-corrected chi connectivity index (χ2v) is 2.59. The molecule has 0 unspecified atom stereocenters. The fraction of sp³-hybridized carbons (Fsp3) is 1.00. The summed E-state index contributed by atoms with van der Waals surface area (Å²) in [6.45, 7) is 1.83. The van der Waals surface area contributed by atoms with Crippen LogP contribution in [-0.2, 0) is 16.1 Å². The zero-order valence-electron chi connectivity index (χ0n) is 5.89. The molecule has 54 valence electrons. The molecule has 0 aliphatic rings. The highest BCUT2D eigenvalue weighted by Crippen LogP contribution is 1.78. The van der Waals surface area contributed by atoms with E-state index >= 15 is 0 Å². The van der Waals surface area contributed by atoms with Crippen LogP contribution in [0.25, 0.3) is 0 Å². The molecule has 0 spiro atoms. The molecular formula is C5H13N2OS+. The molecule has 1 N–H and O–H groups in total. The summed E-state index contributed by atoms with van der Waals surface area (Å²) in [6.07, 6.45) is 1.03. The summed E-state index contributed by atoms with van der Waals surface area (Å²) in [7, 11) is 4.04. The van der Waals surface area contributed by atoms with Gasteiger partial charge >= 0.3 is 11.9 Å². The number of rotatable bonds is 5. The number of hydrogen-bond donors (Lipinski definition) is 1. The van der Waals surface area contributed by atoms with Gasteiger partial charge in [0.2, 0.25) is 0 Å². The minimum atomic E-state index is 0.435. The monoisotopic (exact) mass is 149 g/mol. The Bertz CT molecular complexity index is 77.4. The molecule has 0 fully saturated rings. The second-order valence-electron chi connectivity index (χ2n) is 2.13. The molecule has 0 rings (SSSR count). The number of nitrogens with zero attached hydrogens (tertiary/aromatic N) is 1. The third-order valence-corrected chi connectivity index (χ3v) is 1.27. The van der Waals surface area contributed by atoms with Crippen molar-refractivity contribution in [1.82, 2.24) is 9.62 Å². The maximum absolute atomic E-state index is 9.77. The van der Waals surface area contributed by atoms with Crippen molar-refractivity contribution in [2.75, 3.05) is 27.2 Å². The van der Waals surface area contributed by atoms with Gasteiger partial charge in [-0.15, -0.1) is 0 Å². The van der Waals surface area contributed by atoms with Crippen LogP contribution >= 0.6 is 0 Å². The van der Waals surface area contributed by atoms with Crippen LogP contribution in [0.2, 0.25) is 0 Å². The van der Waals surface area contributed by atoms with E-state index in [1.54, 1.807) is 0 Å². The maximum Gasteiger partial charge on any atom is 0.587 e. The SMILES string of the molecule is CN(C)CCCN[S+]=O. The zero-order valence-corrected chi connectivity index (χ0v) is 6.70. The molecular weight excluding hydrogens is 136 g/mol. The van der Waals surface area contributed by atoms with Crippen LogP contribution in [0, 0.1) is 0 Å². The van der Waals surface area contributed by atoms with Crippen LogP contribution in [0.15, 0.2) is 0 Å². The van der Waals surface area contributed by atoms with Crippen molar-refractivity contribution in [2.45, 2.75) is 6.42 Å². The third kappa shape index (κ3) is 7.94. The van der Waals surface area contributed by atoms with E-state index in [-0.39, 0.29) is 0 Å². The Morgan fingerprint density at radius 3 is 2.67 bits per heavy atom. The maximum atomic E-state index is 9.77. The summed E-state index contributed by atoms with van der Waals surface area (Å²) in [5.41, 5.74) is 0. The molecule has 0 atom stereocenters. The Balaban J connectivity index is 2.82. The van der Waals surface area contributed by atoms with Gasteiger partial charge in [-0.1, -0.05) is 0 Å². The fourth-order valence-electron chi connectivity index (χ4n) is 0.509. The van der Waals surface area contributed by atoms with Crippen LogP contribution in [-0.4, -0.2) is 32.1 Å². The quantitative estimate of drug-likeness (QED) is 0.335. The highest BCUT2D eigenvalue weighted by atomic mass is 32.2. The van der Waals surface area contributed by atoms with E-state index in [1.165, 1.54) is 0 Å². The van der Waals surface area contributed by atoms with Gasteiger partial charge in [-0.25, -0.2) is 0 Å². The Morgan fingerprint density at radius 1 is 1.56 bits per heavy atom. The topological polar surface area (TPSA) is 32.3 Å². The highest BCUT2D eigenvalue weighted by molar-refractivity contribution is 7.63. The standard InChI is InChI=1S/C5H13N2OS/c1-7(2)5-3-4-6-9-8/h3-5H2,1-2H3,(H,6,8)/q+1. The smallest absolute Gasteiger partial charge is 0.309 e. The Hall–Kier alpha value is -0.0600. The lowest BCUT2D eigenvalue weighted by Crippen LogP contribution is -2.18. The van der Waals surface area contributed by atoms with Crippen LogP contribution < -0.4 is 4.72 Å². The van der Waals surface area contributed by atoms with Gasteiger partial charge in [-0.05, 0) is 31.8 Å². The van der Waals surface area contributed by atoms with Crippen LogP contribution in [0.3, 0.4) is 0 Å². The summed E-state index contributed by atoms with van der Waals surface area (Å²) in [6, 6.07) is 0. The van der Waals surface area contributed by atoms with Gasteiger partial charge in [0.05, 0.1) is 10.8 Å². The minimum absolute atomic E-state index is 0.435. The van der Waals surface area contributed by atoms with E-state index in [9.17, 15) is 4.21 Å². The molecule has 0 bridgehead atoms. The van der Waals surface area contributed by atoms with E-state index in [0.29, 0.717) is 11.9 Å². The Labute approximate surface area is 60.1 Å². The van der Waals surface area contributed by atoms with Gasteiger partial charge in [0.15, 0.2) is 0 Å². The lowest BCUT2D eigenvalue weighted by molar-refractivity contribution is 0.401. The zero-order chi connectivity index (χ0) is 7.11. The van der Waals surface area contributed by atoms with Crippen LogP contribution in [0.5, 0.6) is 0 Å². The van der Waals surface area contributed by atoms with Gasteiger partial charge in [0.1, 0.15) is 0 Å². The highest BCUT2D eigenvalue weighted by Gasteiger charge is 1.95. The predicted octanol–water partition coefficient (Wildman–Crippen LogP) is -0.129.